The number of aliphatic hydroxyl groups is 2. The molecule has 35 heavy (non-hydrogen) atoms. The number of carbonyl (C=O) groups is 1. The Labute approximate surface area is 218 Å². The molecule has 0 aromatic carbocycles. The zero-order valence-electron chi connectivity index (χ0n) is 23.7. The SMILES string of the molecule is CCCCCCCCCCCCCC(=O)N[C@@H](CO)[C@H](O)/C=C/CCCCCCCCCC(C)C. The maximum absolute atomic E-state index is 12.2. The second-order valence-electron chi connectivity index (χ2n) is 11.0. The second kappa shape index (κ2) is 26.2. The lowest BCUT2D eigenvalue weighted by Gasteiger charge is -2.20. The molecule has 0 rings (SSSR count). The van der Waals surface area contributed by atoms with Crippen molar-refractivity contribution in [2.24, 2.45) is 5.92 Å². The monoisotopic (exact) mass is 495 g/mol. The molecule has 0 heterocycles. The van der Waals surface area contributed by atoms with Gasteiger partial charge in [0.25, 0.3) is 0 Å². The van der Waals surface area contributed by atoms with Crippen molar-refractivity contribution in [1.29, 1.82) is 0 Å². The number of aliphatic hydroxyl groups excluding tert-OH is 2. The third-order valence-corrected chi connectivity index (χ3v) is 6.95. The predicted octanol–water partition coefficient (Wildman–Crippen LogP) is 8.25. The molecule has 0 saturated heterocycles. The summed E-state index contributed by atoms with van der Waals surface area (Å²) in [6.07, 6.45) is 28.5. The van der Waals surface area contributed by atoms with Crippen LogP contribution in [0.1, 0.15) is 156 Å². The quantitative estimate of drug-likeness (QED) is 0.0835. The third kappa shape index (κ3) is 24.6. The topological polar surface area (TPSA) is 69.6 Å². The van der Waals surface area contributed by atoms with Crippen LogP contribution >= 0.6 is 0 Å². The van der Waals surface area contributed by atoms with Crippen molar-refractivity contribution in [3.05, 3.63) is 12.2 Å². The van der Waals surface area contributed by atoms with Gasteiger partial charge in [0.2, 0.25) is 5.91 Å². The van der Waals surface area contributed by atoms with Crippen molar-refractivity contribution < 1.29 is 15.0 Å². The van der Waals surface area contributed by atoms with Gasteiger partial charge in [-0.15, -0.1) is 0 Å². The molecule has 208 valence electrons. The number of nitrogens with one attached hydrogen (secondary N) is 1. The molecule has 0 unspecified atom stereocenters. The van der Waals surface area contributed by atoms with Crippen molar-refractivity contribution in [3.63, 3.8) is 0 Å². The zero-order chi connectivity index (χ0) is 26.0. The van der Waals surface area contributed by atoms with Gasteiger partial charge in [-0.05, 0) is 25.2 Å². The Kier molecular flexibility index (Phi) is 25.5. The molecule has 0 fully saturated rings. The molecule has 0 saturated carbocycles. The van der Waals surface area contributed by atoms with Crippen LogP contribution in [-0.4, -0.2) is 34.9 Å². The molecule has 0 aliphatic carbocycles. The lowest BCUT2D eigenvalue weighted by Crippen LogP contribution is -2.45. The van der Waals surface area contributed by atoms with Crippen LogP contribution in [0, 0.1) is 5.92 Å². The molecule has 4 heteroatoms. The first-order valence-electron chi connectivity index (χ1n) is 15.3. The van der Waals surface area contributed by atoms with Crippen LogP contribution in [0.5, 0.6) is 0 Å². The van der Waals surface area contributed by atoms with Crippen LogP contribution in [0.15, 0.2) is 12.2 Å². The standard InChI is InChI=1S/C31H61NO3/c1-4-5-6-7-8-9-10-14-17-20-23-26-31(35)32-29(27-33)30(34)25-22-19-16-13-11-12-15-18-21-24-28(2)3/h22,25,28-30,33-34H,4-21,23-24,26-27H2,1-3H3,(H,32,35)/b25-22+/t29-,30+/m0/s1. The highest BCUT2D eigenvalue weighted by molar-refractivity contribution is 5.76. The van der Waals surface area contributed by atoms with Gasteiger partial charge in [-0.25, -0.2) is 0 Å². The summed E-state index contributed by atoms with van der Waals surface area (Å²) in [5.74, 6) is 0.756. The molecule has 0 radical (unpaired) electrons. The molecule has 4 nitrogen and oxygen atoms in total. The minimum absolute atomic E-state index is 0.0687. The lowest BCUT2D eigenvalue weighted by molar-refractivity contribution is -0.123. The Morgan fingerprint density at radius 1 is 0.743 bits per heavy atom. The summed E-state index contributed by atoms with van der Waals surface area (Å²) in [4.78, 5) is 12.2. The van der Waals surface area contributed by atoms with Gasteiger partial charge >= 0.3 is 0 Å². The lowest BCUT2D eigenvalue weighted by atomic mass is 10.0. The van der Waals surface area contributed by atoms with Crippen LogP contribution in [-0.2, 0) is 4.79 Å². The highest BCUT2D eigenvalue weighted by Gasteiger charge is 2.17. The highest BCUT2D eigenvalue weighted by Crippen LogP contribution is 2.14. The fraction of sp³-hybridized carbons (Fsp3) is 0.903. The van der Waals surface area contributed by atoms with Gasteiger partial charge in [0.15, 0.2) is 0 Å². The fourth-order valence-corrected chi connectivity index (χ4v) is 4.54. The smallest absolute Gasteiger partial charge is 0.220 e. The first kappa shape index (κ1) is 34.1. The first-order chi connectivity index (χ1) is 17.0. The predicted molar refractivity (Wildman–Crippen MR) is 152 cm³/mol. The van der Waals surface area contributed by atoms with Crippen LogP contribution in [0.2, 0.25) is 0 Å². The number of hydrogen-bond acceptors (Lipinski definition) is 3. The Hall–Kier alpha value is -0.870. The van der Waals surface area contributed by atoms with E-state index in [1.165, 1.54) is 103 Å². The zero-order valence-corrected chi connectivity index (χ0v) is 23.7. The molecule has 2 atom stereocenters. The summed E-state index contributed by atoms with van der Waals surface area (Å²) >= 11 is 0. The van der Waals surface area contributed by atoms with Crippen molar-refractivity contribution in [1.82, 2.24) is 5.32 Å². The van der Waals surface area contributed by atoms with Crippen molar-refractivity contribution >= 4 is 5.91 Å². The van der Waals surface area contributed by atoms with E-state index in [-0.39, 0.29) is 12.5 Å². The van der Waals surface area contributed by atoms with Crippen LogP contribution < -0.4 is 5.32 Å². The number of amides is 1. The highest BCUT2D eigenvalue weighted by atomic mass is 16.3. The van der Waals surface area contributed by atoms with E-state index in [4.69, 9.17) is 0 Å². The van der Waals surface area contributed by atoms with Crippen molar-refractivity contribution in [3.8, 4) is 0 Å². The number of carbonyl (C=O) groups excluding carboxylic acids is 1. The average molecular weight is 496 g/mol. The largest absolute Gasteiger partial charge is 0.394 e. The van der Waals surface area contributed by atoms with Crippen LogP contribution in [0.4, 0.5) is 0 Å². The van der Waals surface area contributed by atoms with E-state index in [2.05, 4.69) is 26.1 Å². The van der Waals surface area contributed by atoms with Gasteiger partial charge in [-0.2, -0.15) is 0 Å². The molecule has 0 aliphatic heterocycles. The van der Waals surface area contributed by atoms with E-state index in [1.54, 1.807) is 6.08 Å². The maximum atomic E-state index is 12.2. The molecule has 0 spiro atoms. The summed E-state index contributed by atoms with van der Waals surface area (Å²) in [5, 5.41) is 22.7. The van der Waals surface area contributed by atoms with E-state index in [0.29, 0.717) is 6.42 Å². The number of hydrogen-bond donors (Lipinski definition) is 3. The molecular formula is C31H61NO3. The fourth-order valence-electron chi connectivity index (χ4n) is 4.54. The van der Waals surface area contributed by atoms with Gasteiger partial charge in [0, 0.05) is 6.42 Å². The summed E-state index contributed by atoms with van der Waals surface area (Å²) in [6, 6.07) is -0.614. The average Bonchev–Trinajstić information content (AvgIpc) is 2.84. The Morgan fingerprint density at radius 2 is 1.23 bits per heavy atom. The molecule has 0 bridgehead atoms. The molecule has 0 aromatic rings. The summed E-state index contributed by atoms with van der Waals surface area (Å²) < 4.78 is 0. The minimum Gasteiger partial charge on any atom is -0.394 e. The van der Waals surface area contributed by atoms with Gasteiger partial charge in [0.05, 0.1) is 18.8 Å². The number of rotatable bonds is 26. The Bertz CT molecular complexity index is 478. The van der Waals surface area contributed by atoms with Crippen LogP contribution in [0.3, 0.4) is 0 Å². The van der Waals surface area contributed by atoms with E-state index in [1.807, 2.05) is 6.08 Å². The summed E-state index contributed by atoms with van der Waals surface area (Å²) in [7, 11) is 0. The number of allylic oxidation sites excluding steroid dienone is 1. The minimum atomic E-state index is -0.831. The first-order valence-corrected chi connectivity index (χ1v) is 15.3. The van der Waals surface area contributed by atoms with Gasteiger partial charge < -0.3 is 15.5 Å². The van der Waals surface area contributed by atoms with E-state index in [9.17, 15) is 15.0 Å². The molecule has 0 aromatic heterocycles. The number of unbranched alkanes of at least 4 members (excludes halogenated alkanes) is 17. The van der Waals surface area contributed by atoms with E-state index >= 15 is 0 Å². The van der Waals surface area contributed by atoms with Crippen LogP contribution in [0.25, 0.3) is 0 Å². The van der Waals surface area contributed by atoms with E-state index in [0.717, 1.165) is 31.6 Å². The van der Waals surface area contributed by atoms with Gasteiger partial charge in [-0.1, -0.05) is 142 Å². The summed E-state index contributed by atoms with van der Waals surface area (Å²) in [6.45, 7) is 6.60. The normalized spacial score (nSPS) is 13.5. The maximum Gasteiger partial charge on any atom is 0.220 e. The van der Waals surface area contributed by atoms with Crippen molar-refractivity contribution in [2.75, 3.05) is 6.61 Å². The third-order valence-electron chi connectivity index (χ3n) is 6.95. The van der Waals surface area contributed by atoms with Crippen molar-refractivity contribution in [2.45, 2.75) is 168 Å². The molecule has 1 amide bonds. The van der Waals surface area contributed by atoms with E-state index < -0.39 is 12.1 Å². The molecule has 0 aliphatic rings. The van der Waals surface area contributed by atoms with Gasteiger partial charge in [0.1, 0.15) is 0 Å². The van der Waals surface area contributed by atoms with Gasteiger partial charge in [-0.3, -0.25) is 4.79 Å². The second-order valence-corrected chi connectivity index (χ2v) is 11.0. The summed E-state index contributed by atoms with van der Waals surface area (Å²) in [5.41, 5.74) is 0. The molecular weight excluding hydrogens is 434 g/mol. The Morgan fingerprint density at radius 3 is 1.74 bits per heavy atom. The Balaban J connectivity index is 3.69. The molecule has 3 N–H and O–H groups in total.